The molecule has 3 rings (SSSR count). The SMILES string of the molecule is COc1ccc(OCC(=O)Nc2ccccc2C(=O)NCc2ccc(C)cc2)c([N+](=O)[O-])c1. The Hall–Kier alpha value is -4.40. The lowest BCUT2D eigenvalue weighted by Crippen LogP contribution is -2.26. The number of anilines is 1. The van der Waals surface area contributed by atoms with E-state index in [0.29, 0.717) is 18.0 Å². The van der Waals surface area contributed by atoms with Crippen molar-refractivity contribution in [3.8, 4) is 11.5 Å². The van der Waals surface area contributed by atoms with E-state index in [-0.39, 0.29) is 22.9 Å². The third-order valence-electron chi connectivity index (χ3n) is 4.74. The number of ether oxygens (including phenoxy) is 2. The molecule has 0 saturated carbocycles. The van der Waals surface area contributed by atoms with E-state index in [0.717, 1.165) is 11.1 Å². The van der Waals surface area contributed by atoms with E-state index in [1.807, 2.05) is 31.2 Å². The molecule has 170 valence electrons. The minimum absolute atomic E-state index is 0.0694. The highest BCUT2D eigenvalue weighted by molar-refractivity contribution is 6.04. The predicted octanol–water partition coefficient (Wildman–Crippen LogP) is 3.86. The number of para-hydroxylation sites is 1. The summed E-state index contributed by atoms with van der Waals surface area (Å²) in [7, 11) is 1.39. The average Bonchev–Trinajstić information content (AvgIpc) is 2.82. The Balaban J connectivity index is 1.63. The molecule has 33 heavy (non-hydrogen) atoms. The fourth-order valence-electron chi connectivity index (χ4n) is 2.99. The van der Waals surface area contributed by atoms with Gasteiger partial charge >= 0.3 is 5.69 Å². The van der Waals surface area contributed by atoms with E-state index in [2.05, 4.69) is 10.6 Å². The first-order valence-corrected chi connectivity index (χ1v) is 10.0. The van der Waals surface area contributed by atoms with Gasteiger partial charge in [0.1, 0.15) is 5.75 Å². The normalized spacial score (nSPS) is 10.2. The van der Waals surface area contributed by atoms with Crippen LogP contribution in [-0.4, -0.2) is 30.5 Å². The Bertz CT molecular complexity index is 1160. The van der Waals surface area contributed by atoms with Gasteiger partial charge in [0.25, 0.3) is 11.8 Å². The van der Waals surface area contributed by atoms with E-state index in [1.54, 1.807) is 24.3 Å². The average molecular weight is 449 g/mol. The maximum Gasteiger partial charge on any atom is 0.314 e. The summed E-state index contributed by atoms with van der Waals surface area (Å²) in [5.74, 6) is -0.693. The van der Waals surface area contributed by atoms with Gasteiger partial charge in [0.2, 0.25) is 0 Å². The van der Waals surface area contributed by atoms with Gasteiger partial charge in [-0.3, -0.25) is 19.7 Å². The summed E-state index contributed by atoms with van der Waals surface area (Å²) in [4.78, 5) is 35.7. The summed E-state index contributed by atoms with van der Waals surface area (Å²) < 4.78 is 10.3. The van der Waals surface area contributed by atoms with Gasteiger partial charge in [-0.2, -0.15) is 0 Å². The Morgan fingerprint density at radius 1 is 1.03 bits per heavy atom. The van der Waals surface area contributed by atoms with E-state index in [9.17, 15) is 19.7 Å². The van der Waals surface area contributed by atoms with Crippen molar-refractivity contribution in [3.05, 3.63) is 93.5 Å². The van der Waals surface area contributed by atoms with Crippen LogP contribution in [0.3, 0.4) is 0 Å². The maximum atomic E-state index is 12.7. The minimum Gasteiger partial charge on any atom is -0.496 e. The van der Waals surface area contributed by atoms with E-state index >= 15 is 0 Å². The molecule has 0 unspecified atom stereocenters. The van der Waals surface area contributed by atoms with Gasteiger partial charge in [0.05, 0.1) is 29.4 Å². The highest BCUT2D eigenvalue weighted by atomic mass is 16.6. The van der Waals surface area contributed by atoms with Crippen molar-refractivity contribution >= 4 is 23.2 Å². The molecule has 0 fully saturated rings. The number of nitrogens with zero attached hydrogens (tertiary/aromatic N) is 1. The number of aryl methyl sites for hydroxylation is 1. The first kappa shape index (κ1) is 23.3. The van der Waals surface area contributed by atoms with Crippen molar-refractivity contribution in [2.24, 2.45) is 0 Å². The smallest absolute Gasteiger partial charge is 0.314 e. The second-order valence-electron chi connectivity index (χ2n) is 7.14. The Kier molecular flexibility index (Phi) is 7.59. The lowest BCUT2D eigenvalue weighted by atomic mass is 10.1. The summed E-state index contributed by atoms with van der Waals surface area (Å²) in [6.07, 6.45) is 0. The molecule has 0 aliphatic carbocycles. The quantitative estimate of drug-likeness (QED) is 0.378. The summed E-state index contributed by atoms with van der Waals surface area (Å²) in [6, 6.07) is 18.4. The zero-order chi connectivity index (χ0) is 23.8. The maximum absolute atomic E-state index is 12.7. The number of methoxy groups -OCH3 is 1. The molecular formula is C24H23N3O6. The van der Waals surface area contributed by atoms with Crippen molar-refractivity contribution < 1.29 is 24.0 Å². The molecule has 3 aromatic carbocycles. The van der Waals surface area contributed by atoms with Gasteiger partial charge in [-0.1, -0.05) is 42.0 Å². The van der Waals surface area contributed by atoms with Gasteiger partial charge in [0.15, 0.2) is 12.4 Å². The Morgan fingerprint density at radius 3 is 2.45 bits per heavy atom. The largest absolute Gasteiger partial charge is 0.496 e. The van der Waals surface area contributed by atoms with E-state index in [4.69, 9.17) is 9.47 Å². The molecule has 9 nitrogen and oxygen atoms in total. The number of carbonyl (C=O) groups is 2. The Labute approximate surface area is 190 Å². The van der Waals surface area contributed by atoms with Crippen molar-refractivity contribution in [1.82, 2.24) is 5.32 Å². The van der Waals surface area contributed by atoms with Crippen LogP contribution in [0.1, 0.15) is 21.5 Å². The van der Waals surface area contributed by atoms with Crippen LogP contribution in [0.25, 0.3) is 0 Å². The van der Waals surface area contributed by atoms with Crippen LogP contribution >= 0.6 is 0 Å². The first-order chi connectivity index (χ1) is 15.9. The molecule has 3 aromatic rings. The number of hydrogen-bond donors (Lipinski definition) is 2. The molecule has 0 aliphatic rings. The molecule has 0 saturated heterocycles. The second kappa shape index (κ2) is 10.8. The zero-order valence-corrected chi connectivity index (χ0v) is 18.2. The number of nitrogens with one attached hydrogen (secondary N) is 2. The van der Waals surface area contributed by atoms with Crippen LogP contribution in [0.4, 0.5) is 11.4 Å². The van der Waals surface area contributed by atoms with Crippen molar-refractivity contribution in [1.29, 1.82) is 0 Å². The predicted molar refractivity (Wildman–Crippen MR) is 123 cm³/mol. The number of hydrogen-bond acceptors (Lipinski definition) is 6. The number of amides is 2. The highest BCUT2D eigenvalue weighted by Gasteiger charge is 2.18. The molecule has 0 radical (unpaired) electrons. The van der Waals surface area contributed by atoms with Crippen LogP contribution in [0.5, 0.6) is 11.5 Å². The molecule has 0 aromatic heterocycles. The third-order valence-corrected chi connectivity index (χ3v) is 4.74. The fourth-order valence-corrected chi connectivity index (χ4v) is 2.99. The standard InChI is InChI=1S/C24H23N3O6/c1-16-7-9-17(10-8-16)14-25-24(29)19-5-3-4-6-20(19)26-23(28)15-33-22-12-11-18(32-2)13-21(22)27(30)31/h3-13H,14-15H2,1-2H3,(H,25,29)(H,26,28). The molecule has 2 amide bonds. The van der Waals surface area contributed by atoms with E-state index < -0.39 is 17.4 Å². The van der Waals surface area contributed by atoms with Gasteiger partial charge in [-0.05, 0) is 36.8 Å². The third kappa shape index (κ3) is 6.30. The van der Waals surface area contributed by atoms with Crippen molar-refractivity contribution in [3.63, 3.8) is 0 Å². The number of benzene rings is 3. The molecule has 0 heterocycles. The molecular weight excluding hydrogens is 426 g/mol. The molecule has 0 spiro atoms. The second-order valence-corrected chi connectivity index (χ2v) is 7.14. The van der Waals surface area contributed by atoms with Crippen molar-refractivity contribution in [2.75, 3.05) is 19.0 Å². The van der Waals surface area contributed by atoms with Crippen LogP contribution in [0, 0.1) is 17.0 Å². The number of nitro groups is 1. The minimum atomic E-state index is -0.622. The first-order valence-electron chi connectivity index (χ1n) is 10.0. The molecule has 0 atom stereocenters. The van der Waals surface area contributed by atoms with Gasteiger partial charge < -0.3 is 20.1 Å². The summed E-state index contributed by atoms with van der Waals surface area (Å²) >= 11 is 0. The summed E-state index contributed by atoms with van der Waals surface area (Å²) in [6.45, 7) is 1.84. The molecule has 9 heteroatoms. The van der Waals surface area contributed by atoms with Crippen LogP contribution in [0.2, 0.25) is 0 Å². The van der Waals surface area contributed by atoms with Crippen LogP contribution in [-0.2, 0) is 11.3 Å². The summed E-state index contributed by atoms with van der Waals surface area (Å²) in [5.41, 5.74) is 2.34. The number of nitro benzene ring substituents is 1. The lowest BCUT2D eigenvalue weighted by molar-refractivity contribution is -0.385. The number of carbonyl (C=O) groups excluding carboxylic acids is 2. The zero-order valence-electron chi connectivity index (χ0n) is 18.2. The highest BCUT2D eigenvalue weighted by Crippen LogP contribution is 2.31. The molecule has 0 aliphatic heterocycles. The molecule has 2 N–H and O–H groups in total. The van der Waals surface area contributed by atoms with Gasteiger partial charge in [-0.25, -0.2) is 0 Å². The topological polar surface area (TPSA) is 120 Å². The van der Waals surface area contributed by atoms with Gasteiger partial charge in [-0.15, -0.1) is 0 Å². The van der Waals surface area contributed by atoms with Crippen LogP contribution < -0.4 is 20.1 Å². The Morgan fingerprint density at radius 2 is 1.76 bits per heavy atom. The van der Waals surface area contributed by atoms with E-state index in [1.165, 1.54) is 25.3 Å². The lowest BCUT2D eigenvalue weighted by Gasteiger charge is -2.12. The summed E-state index contributed by atoms with van der Waals surface area (Å²) in [5, 5.41) is 16.7. The van der Waals surface area contributed by atoms with Gasteiger partial charge in [0, 0.05) is 6.54 Å². The van der Waals surface area contributed by atoms with Crippen molar-refractivity contribution in [2.45, 2.75) is 13.5 Å². The van der Waals surface area contributed by atoms with Crippen LogP contribution in [0.15, 0.2) is 66.7 Å². The molecule has 0 bridgehead atoms. The fraction of sp³-hybridized carbons (Fsp3) is 0.167. The number of rotatable bonds is 9. The monoisotopic (exact) mass is 449 g/mol.